The Morgan fingerprint density at radius 3 is 2.81 bits per heavy atom. The van der Waals surface area contributed by atoms with Crippen LogP contribution in [-0.4, -0.2) is 37.1 Å². The van der Waals surface area contributed by atoms with Crippen molar-refractivity contribution >= 4 is 10.9 Å². The minimum Gasteiger partial charge on any atom is -0.357 e. The summed E-state index contributed by atoms with van der Waals surface area (Å²) in [4.78, 5) is 5.59. The van der Waals surface area contributed by atoms with E-state index in [0.29, 0.717) is 0 Å². The van der Waals surface area contributed by atoms with Gasteiger partial charge in [0.15, 0.2) is 0 Å². The van der Waals surface area contributed by atoms with E-state index < -0.39 is 0 Å². The number of fused-ring (bicyclic) bond motifs is 1. The standard InChI is InChI=1S/C13H19N3/c1-16(2)8-7-14-10-12-9-11-5-3-4-6-13(11)15-12/h3-6,9,14-15H,7-8,10H2,1-2H3. The van der Waals surface area contributed by atoms with E-state index in [1.807, 2.05) is 0 Å². The molecule has 0 saturated heterocycles. The van der Waals surface area contributed by atoms with Gasteiger partial charge >= 0.3 is 0 Å². The predicted molar refractivity (Wildman–Crippen MR) is 68.6 cm³/mol. The van der Waals surface area contributed by atoms with Crippen molar-refractivity contribution in [3.63, 3.8) is 0 Å². The van der Waals surface area contributed by atoms with E-state index in [1.165, 1.54) is 16.6 Å². The van der Waals surface area contributed by atoms with Crippen LogP contribution in [0.2, 0.25) is 0 Å². The Bertz CT molecular complexity index is 412. The van der Waals surface area contributed by atoms with Crippen LogP contribution in [0.5, 0.6) is 0 Å². The molecule has 2 N–H and O–H groups in total. The first-order valence-corrected chi connectivity index (χ1v) is 5.68. The van der Waals surface area contributed by atoms with Crippen LogP contribution in [0.3, 0.4) is 0 Å². The van der Waals surface area contributed by atoms with Crippen molar-refractivity contribution in [1.82, 2.24) is 15.2 Å². The van der Waals surface area contributed by atoms with Gasteiger partial charge in [-0.05, 0) is 31.6 Å². The Morgan fingerprint density at radius 1 is 1.25 bits per heavy atom. The van der Waals surface area contributed by atoms with Gasteiger partial charge in [-0.1, -0.05) is 18.2 Å². The average molecular weight is 217 g/mol. The van der Waals surface area contributed by atoms with Crippen LogP contribution in [0.4, 0.5) is 0 Å². The molecule has 0 aliphatic rings. The minimum atomic E-state index is 0.905. The van der Waals surface area contributed by atoms with Crippen LogP contribution >= 0.6 is 0 Å². The Labute approximate surface area is 96.5 Å². The topological polar surface area (TPSA) is 31.1 Å². The number of benzene rings is 1. The molecule has 0 aliphatic heterocycles. The van der Waals surface area contributed by atoms with E-state index in [-0.39, 0.29) is 0 Å². The monoisotopic (exact) mass is 217 g/mol. The molecule has 0 amide bonds. The Hall–Kier alpha value is -1.32. The molecule has 86 valence electrons. The summed E-state index contributed by atoms with van der Waals surface area (Å²) in [5, 5.41) is 4.71. The number of hydrogen-bond acceptors (Lipinski definition) is 2. The number of nitrogens with one attached hydrogen (secondary N) is 2. The van der Waals surface area contributed by atoms with Crippen LogP contribution in [-0.2, 0) is 6.54 Å². The number of para-hydroxylation sites is 1. The maximum Gasteiger partial charge on any atom is 0.0456 e. The number of likely N-dealkylation sites (N-methyl/N-ethyl adjacent to an activating group) is 1. The fourth-order valence-corrected chi connectivity index (χ4v) is 1.75. The zero-order valence-electron chi connectivity index (χ0n) is 9.96. The molecule has 1 heterocycles. The molecule has 0 unspecified atom stereocenters. The second kappa shape index (κ2) is 5.14. The van der Waals surface area contributed by atoms with Gasteiger partial charge in [-0.15, -0.1) is 0 Å². The lowest BCUT2D eigenvalue weighted by molar-refractivity contribution is 0.399. The lowest BCUT2D eigenvalue weighted by Crippen LogP contribution is -2.26. The molecule has 1 aromatic carbocycles. The second-order valence-electron chi connectivity index (χ2n) is 4.36. The minimum absolute atomic E-state index is 0.905. The highest BCUT2D eigenvalue weighted by Crippen LogP contribution is 2.14. The van der Waals surface area contributed by atoms with Gasteiger partial charge in [0.25, 0.3) is 0 Å². The molecule has 0 saturated carbocycles. The van der Waals surface area contributed by atoms with Crippen LogP contribution < -0.4 is 5.32 Å². The zero-order chi connectivity index (χ0) is 11.4. The molecule has 3 nitrogen and oxygen atoms in total. The van der Waals surface area contributed by atoms with E-state index in [2.05, 4.69) is 59.6 Å². The molecule has 2 aromatic rings. The first kappa shape index (κ1) is 11.2. The fraction of sp³-hybridized carbons (Fsp3) is 0.385. The second-order valence-corrected chi connectivity index (χ2v) is 4.36. The highest BCUT2D eigenvalue weighted by atomic mass is 15.1. The summed E-state index contributed by atoms with van der Waals surface area (Å²) in [6, 6.07) is 10.6. The molecule has 0 fully saturated rings. The quantitative estimate of drug-likeness (QED) is 0.749. The fourth-order valence-electron chi connectivity index (χ4n) is 1.75. The summed E-state index contributed by atoms with van der Waals surface area (Å²) >= 11 is 0. The van der Waals surface area contributed by atoms with Crippen molar-refractivity contribution in [2.75, 3.05) is 27.2 Å². The average Bonchev–Trinajstić information content (AvgIpc) is 2.66. The summed E-state index contributed by atoms with van der Waals surface area (Å²) in [6.07, 6.45) is 0. The van der Waals surface area contributed by atoms with E-state index in [1.54, 1.807) is 0 Å². The van der Waals surface area contributed by atoms with Gasteiger partial charge in [-0.2, -0.15) is 0 Å². The highest BCUT2D eigenvalue weighted by Gasteiger charge is 1.99. The Kier molecular flexibility index (Phi) is 3.59. The normalized spacial score (nSPS) is 11.4. The number of H-pyrrole nitrogens is 1. The van der Waals surface area contributed by atoms with Gasteiger partial charge in [0.2, 0.25) is 0 Å². The number of nitrogens with zero attached hydrogens (tertiary/aromatic N) is 1. The molecule has 16 heavy (non-hydrogen) atoms. The van der Waals surface area contributed by atoms with Crippen LogP contribution in [0.25, 0.3) is 10.9 Å². The van der Waals surface area contributed by atoms with Crippen molar-refractivity contribution in [3.8, 4) is 0 Å². The van der Waals surface area contributed by atoms with Crippen molar-refractivity contribution in [2.24, 2.45) is 0 Å². The molecule has 0 bridgehead atoms. The molecular formula is C13H19N3. The predicted octanol–water partition coefficient (Wildman–Crippen LogP) is 1.82. The van der Waals surface area contributed by atoms with E-state index >= 15 is 0 Å². The SMILES string of the molecule is CN(C)CCNCc1cc2ccccc2[nH]1. The third-order valence-electron chi connectivity index (χ3n) is 2.64. The first-order chi connectivity index (χ1) is 7.75. The van der Waals surface area contributed by atoms with E-state index in [0.717, 1.165) is 19.6 Å². The van der Waals surface area contributed by atoms with Gasteiger partial charge in [0.1, 0.15) is 0 Å². The molecule has 0 atom stereocenters. The summed E-state index contributed by atoms with van der Waals surface area (Å²) in [5.74, 6) is 0. The van der Waals surface area contributed by atoms with Crippen LogP contribution in [0.1, 0.15) is 5.69 Å². The first-order valence-electron chi connectivity index (χ1n) is 5.68. The third kappa shape index (κ3) is 2.84. The maximum absolute atomic E-state index is 3.42. The van der Waals surface area contributed by atoms with Gasteiger partial charge in [0, 0.05) is 30.8 Å². The molecular weight excluding hydrogens is 198 g/mol. The van der Waals surface area contributed by atoms with Crippen molar-refractivity contribution in [1.29, 1.82) is 0 Å². The van der Waals surface area contributed by atoms with Crippen LogP contribution in [0.15, 0.2) is 30.3 Å². The molecule has 3 heteroatoms. The maximum atomic E-state index is 3.42. The third-order valence-corrected chi connectivity index (χ3v) is 2.64. The lowest BCUT2D eigenvalue weighted by atomic mass is 10.2. The number of aromatic nitrogens is 1. The van der Waals surface area contributed by atoms with Crippen LogP contribution in [0, 0.1) is 0 Å². The Morgan fingerprint density at radius 2 is 2.06 bits per heavy atom. The highest BCUT2D eigenvalue weighted by molar-refractivity contribution is 5.80. The molecule has 0 aliphatic carbocycles. The van der Waals surface area contributed by atoms with Crippen molar-refractivity contribution in [2.45, 2.75) is 6.54 Å². The summed E-state index contributed by atoms with van der Waals surface area (Å²) < 4.78 is 0. The summed E-state index contributed by atoms with van der Waals surface area (Å²) in [7, 11) is 4.18. The lowest BCUT2D eigenvalue weighted by Gasteiger charge is -2.09. The van der Waals surface area contributed by atoms with Gasteiger partial charge in [-0.3, -0.25) is 0 Å². The molecule has 0 radical (unpaired) electrons. The smallest absolute Gasteiger partial charge is 0.0456 e. The zero-order valence-corrected chi connectivity index (χ0v) is 9.96. The van der Waals surface area contributed by atoms with E-state index in [9.17, 15) is 0 Å². The summed E-state index contributed by atoms with van der Waals surface area (Å²) in [6.45, 7) is 2.99. The Balaban J connectivity index is 1.89. The van der Waals surface area contributed by atoms with Crippen molar-refractivity contribution in [3.05, 3.63) is 36.0 Å². The van der Waals surface area contributed by atoms with Gasteiger partial charge in [-0.25, -0.2) is 0 Å². The van der Waals surface area contributed by atoms with Gasteiger partial charge in [0.05, 0.1) is 0 Å². The van der Waals surface area contributed by atoms with E-state index in [4.69, 9.17) is 0 Å². The molecule has 0 spiro atoms. The molecule has 1 aromatic heterocycles. The largest absolute Gasteiger partial charge is 0.357 e. The number of aromatic amines is 1. The number of hydrogen-bond donors (Lipinski definition) is 2. The van der Waals surface area contributed by atoms with Crippen molar-refractivity contribution < 1.29 is 0 Å². The molecule has 2 rings (SSSR count). The van der Waals surface area contributed by atoms with Gasteiger partial charge < -0.3 is 15.2 Å². The number of rotatable bonds is 5. The summed E-state index contributed by atoms with van der Waals surface area (Å²) in [5.41, 5.74) is 2.46.